The summed E-state index contributed by atoms with van der Waals surface area (Å²) in [4.78, 5) is 36.2. The topological polar surface area (TPSA) is 91.5 Å². The van der Waals surface area contributed by atoms with Crippen LogP contribution in [-0.2, 0) is 15.5 Å². The number of nitrogens with one attached hydrogen (secondary N) is 2. The summed E-state index contributed by atoms with van der Waals surface area (Å²) < 4.78 is 31.3. The summed E-state index contributed by atoms with van der Waals surface area (Å²) in [5.41, 5.74) is 6.11. The van der Waals surface area contributed by atoms with Crippen LogP contribution in [0.1, 0.15) is 11.1 Å². The van der Waals surface area contributed by atoms with E-state index in [1.807, 2.05) is 24.3 Å². The van der Waals surface area contributed by atoms with Crippen molar-refractivity contribution < 1.29 is 18.4 Å². The molecule has 0 aliphatic heterocycles. The fraction of sp³-hybridized carbons (Fsp3) is 0.0400. The predicted molar refractivity (Wildman–Crippen MR) is 137 cm³/mol. The van der Waals surface area contributed by atoms with Crippen LogP contribution in [0, 0.1) is 0 Å². The summed E-state index contributed by atoms with van der Waals surface area (Å²) in [5.74, 6) is -3.17. The van der Waals surface area contributed by atoms with Crippen molar-refractivity contribution in [3.63, 3.8) is 0 Å². The number of halogens is 2. The average Bonchev–Trinajstić information content (AvgIpc) is 3.54. The van der Waals surface area contributed by atoms with Crippen molar-refractivity contribution in [3.8, 4) is 33.5 Å². The molecule has 1 aliphatic carbocycles. The van der Waals surface area contributed by atoms with E-state index in [9.17, 15) is 9.59 Å². The number of rotatable bonds is 6. The molecule has 0 saturated carbocycles. The van der Waals surface area contributed by atoms with E-state index in [4.69, 9.17) is 0 Å². The van der Waals surface area contributed by atoms with Gasteiger partial charge in [-0.2, -0.15) is 8.78 Å². The SMILES string of the molecule is O=CPc1ncc(-c2ccc3c(c2)C(F)(F)c2cc(-c4ccc5nc(PC=O)[nH]c5c4)ccc2-3)[nH]1. The van der Waals surface area contributed by atoms with Crippen molar-refractivity contribution in [2.24, 2.45) is 0 Å². The molecule has 2 N–H and O–H groups in total. The first-order valence-corrected chi connectivity index (χ1v) is 12.8. The third kappa shape index (κ3) is 3.61. The number of benzene rings is 3. The molecule has 2 aromatic heterocycles. The van der Waals surface area contributed by atoms with Gasteiger partial charge in [0, 0.05) is 33.9 Å². The van der Waals surface area contributed by atoms with E-state index in [1.165, 1.54) is 6.07 Å². The molecule has 1 aliphatic rings. The highest BCUT2D eigenvalue weighted by Crippen LogP contribution is 2.52. The highest BCUT2D eigenvalue weighted by molar-refractivity contribution is 7.62. The van der Waals surface area contributed by atoms with Gasteiger partial charge >= 0.3 is 0 Å². The molecule has 2 unspecified atom stereocenters. The van der Waals surface area contributed by atoms with Crippen LogP contribution >= 0.6 is 17.2 Å². The highest BCUT2D eigenvalue weighted by atomic mass is 31.1. The Morgan fingerprint density at radius 3 is 2.14 bits per heavy atom. The predicted octanol–water partition coefficient (Wildman–Crippen LogP) is 4.73. The largest absolute Gasteiger partial charge is 0.338 e. The number of aromatic nitrogens is 4. The average molecular weight is 504 g/mol. The van der Waals surface area contributed by atoms with E-state index in [0.717, 1.165) is 28.7 Å². The first-order chi connectivity index (χ1) is 17.0. The van der Waals surface area contributed by atoms with Gasteiger partial charge in [-0.3, -0.25) is 9.59 Å². The van der Waals surface area contributed by atoms with Crippen molar-refractivity contribution in [1.82, 2.24) is 19.9 Å². The van der Waals surface area contributed by atoms with E-state index < -0.39 is 5.92 Å². The lowest BCUT2D eigenvalue weighted by molar-refractivity contribution is 0.0481. The van der Waals surface area contributed by atoms with Crippen LogP contribution in [0.5, 0.6) is 0 Å². The molecule has 6 nitrogen and oxygen atoms in total. The number of nitrogens with zero attached hydrogens (tertiary/aromatic N) is 2. The zero-order chi connectivity index (χ0) is 24.2. The normalized spacial score (nSPS) is 14.2. The van der Waals surface area contributed by atoms with Gasteiger partial charge in [0.25, 0.3) is 5.92 Å². The Morgan fingerprint density at radius 1 is 0.771 bits per heavy atom. The molecule has 3 aromatic carbocycles. The Kier molecular flexibility index (Phi) is 5.17. The van der Waals surface area contributed by atoms with Crippen LogP contribution in [0.25, 0.3) is 44.5 Å². The van der Waals surface area contributed by atoms with Crippen molar-refractivity contribution in [2.75, 3.05) is 0 Å². The highest BCUT2D eigenvalue weighted by Gasteiger charge is 2.44. The minimum atomic E-state index is -3.17. The van der Waals surface area contributed by atoms with Gasteiger partial charge in [-0.15, -0.1) is 0 Å². The monoisotopic (exact) mass is 504 g/mol. The molecule has 0 spiro atoms. The van der Waals surface area contributed by atoms with Crippen molar-refractivity contribution in [1.29, 1.82) is 0 Å². The molecule has 0 fully saturated rings. The molecule has 0 saturated heterocycles. The molecule has 5 aromatic rings. The Hall–Kier alpha value is -3.60. The fourth-order valence-electron chi connectivity index (χ4n) is 4.48. The molecule has 172 valence electrons. The Morgan fingerprint density at radius 2 is 1.40 bits per heavy atom. The number of hydrogen-bond acceptors (Lipinski definition) is 4. The second kappa shape index (κ2) is 8.26. The number of carbonyl (C=O) groups excluding carboxylic acids is 2. The second-order valence-corrected chi connectivity index (χ2v) is 10.1. The molecule has 2 atom stereocenters. The van der Waals surface area contributed by atoms with Gasteiger partial charge in [0.15, 0.2) is 0 Å². The van der Waals surface area contributed by atoms with Crippen molar-refractivity contribution in [3.05, 3.63) is 71.9 Å². The van der Waals surface area contributed by atoms with Crippen molar-refractivity contribution in [2.45, 2.75) is 5.92 Å². The van der Waals surface area contributed by atoms with Gasteiger partial charge in [0.1, 0.15) is 23.2 Å². The number of hydrogen-bond donors (Lipinski definition) is 2. The maximum absolute atomic E-state index is 15.7. The molecule has 0 radical (unpaired) electrons. The van der Waals surface area contributed by atoms with Gasteiger partial charge in [0.05, 0.1) is 22.9 Å². The molecular formula is C25H16F2N4O2P2. The summed E-state index contributed by atoms with van der Waals surface area (Å²) >= 11 is 0. The quantitative estimate of drug-likeness (QED) is 0.259. The van der Waals surface area contributed by atoms with Crippen LogP contribution in [0.2, 0.25) is 0 Å². The number of alkyl halides is 2. The molecular weight excluding hydrogens is 488 g/mol. The Labute approximate surface area is 201 Å². The number of aromatic amines is 2. The lowest BCUT2D eigenvalue weighted by Crippen LogP contribution is -2.11. The smallest absolute Gasteiger partial charge is 0.299 e. The van der Waals surface area contributed by atoms with E-state index in [-0.39, 0.29) is 28.3 Å². The lowest BCUT2D eigenvalue weighted by atomic mass is 9.98. The molecule has 0 amide bonds. The standard InChI is InChI=1S/C25H16F2N4O2P2/c26-25(27)18-7-13(14-3-6-20-21(9-14)30-24(29-20)35-12-33)1-4-16(18)17-5-2-15(8-19(17)25)22-10-28-23(31-22)34-11-32/h1-12,34-35H,(H,28,31)(H,29,30). The van der Waals surface area contributed by atoms with E-state index in [1.54, 1.807) is 30.5 Å². The fourth-order valence-corrected chi connectivity index (χ4v) is 5.44. The summed E-state index contributed by atoms with van der Waals surface area (Å²) in [6, 6.07) is 17.2. The third-order valence-electron chi connectivity index (χ3n) is 6.10. The molecule has 35 heavy (non-hydrogen) atoms. The van der Waals surface area contributed by atoms with Gasteiger partial charge in [-0.05, 0) is 46.5 Å². The number of H-pyrrole nitrogens is 2. The number of fused-ring (bicyclic) bond motifs is 4. The second-order valence-electron chi connectivity index (χ2n) is 8.08. The van der Waals surface area contributed by atoms with Crippen LogP contribution in [0.15, 0.2) is 60.8 Å². The zero-order valence-electron chi connectivity index (χ0n) is 17.9. The Bertz CT molecular complexity index is 1640. The van der Waals surface area contributed by atoms with Crippen LogP contribution < -0.4 is 11.1 Å². The van der Waals surface area contributed by atoms with Gasteiger partial charge in [-0.1, -0.05) is 30.3 Å². The molecule has 10 heteroatoms. The van der Waals surface area contributed by atoms with E-state index in [2.05, 4.69) is 19.9 Å². The number of carbonyl (C=O) groups is 2. The van der Waals surface area contributed by atoms with Crippen LogP contribution in [0.4, 0.5) is 8.78 Å². The third-order valence-corrected chi connectivity index (χ3v) is 7.37. The Balaban J connectivity index is 1.39. The maximum atomic E-state index is 15.7. The molecule has 2 heterocycles. The summed E-state index contributed by atoms with van der Waals surface area (Å²) in [6.45, 7) is 0. The lowest BCUT2D eigenvalue weighted by Gasteiger charge is -2.14. The van der Waals surface area contributed by atoms with Crippen LogP contribution in [0.3, 0.4) is 0 Å². The summed E-state index contributed by atoms with van der Waals surface area (Å²) in [5, 5.41) is 0. The molecule has 6 rings (SSSR count). The van der Waals surface area contributed by atoms with E-state index in [0.29, 0.717) is 39.1 Å². The maximum Gasteiger partial charge on any atom is 0.299 e. The minimum Gasteiger partial charge on any atom is -0.338 e. The first-order valence-electron chi connectivity index (χ1n) is 10.6. The summed E-state index contributed by atoms with van der Waals surface area (Å²) in [7, 11) is -0.181. The van der Waals surface area contributed by atoms with Crippen molar-refractivity contribution >= 4 is 51.4 Å². The van der Waals surface area contributed by atoms with Gasteiger partial charge in [-0.25, -0.2) is 9.97 Å². The first kappa shape index (κ1) is 21.9. The van der Waals surface area contributed by atoms with Crippen LogP contribution in [-0.4, -0.2) is 32.0 Å². The van der Waals surface area contributed by atoms with E-state index >= 15 is 8.78 Å². The minimum absolute atomic E-state index is 0.0391. The zero-order valence-corrected chi connectivity index (χ0v) is 19.9. The van der Waals surface area contributed by atoms with Gasteiger partial charge < -0.3 is 9.97 Å². The molecule has 0 bridgehead atoms. The summed E-state index contributed by atoms with van der Waals surface area (Å²) in [6.07, 6.45) is 1.55. The number of imidazole rings is 2. The van der Waals surface area contributed by atoms with Gasteiger partial charge in [0.2, 0.25) is 0 Å².